The van der Waals surface area contributed by atoms with Crippen molar-refractivity contribution in [1.82, 2.24) is 9.88 Å². The first-order valence-electron chi connectivity index (χ1n) is 14.8. The average Bonchev–Trinajstić information content (AvgIpc) is 3.03. The molecule has 0 radical (unpaired) electrons. The lowest BCUT2D eigenvalue weighted by atomic mass is 9.92. The first-order chi connectivity index (χ1) is 21.3. The maximum absolute atomic E-state index is 14.2. The minimum absolute atomic E-state index is 0.01000. The zero-order valence-corrected chi connectivity index (χ0v) is 24.8. The van der Waals surface area contributed by atoms with E-state index >= 15 is 0 Å². The van der Waals surface area contributed by atoms with Gasteiger partial charge in [-0.2, -0.15) is 5.26 Å². The number of nitrogens with one attached hydrogen (secondary N) is 2. The maximum Gasteiger partial charge on any atom is 0.337 e. The molecule has 2 atom stereocenters. The number of piperidine rings is 1. The molecule has 2 N–H and O–H groups in total. The molecule has 1 amide bonds. The van der Waals surface area contributed by atoms with Crippen LogP contribution in [-0.2, 0) is 20.9 Å². The topological polar surface area (TPSA) is 126 Å². The summed E-state index contributed by atoms with van der Waals surface area (Å²) in [5.41, 5.74) is 3.13. The van der Waals surface area contributed by atoms with Crippen LogP contribution < -0.4 is 15.4 Å². The van der Waals surface area contributed by atoms with Gasteiger partial charge in [-0.05, 0) is 75.7 Å². The molecule has 0 aliphatic carbocycles. The van der Waals surface area contributed by atoms with Gasteiger partial charge in [0.25, 0.3) is 0 Å². The first-order valence-corrected chi connectivity index (χ1v) is 14.8. The van der Waals surface area contributed by atoms with E-state index in [1.54, 1.807) is 36.4 Å². The van der Waals surface area contributed by atoms with Crippen LogP contribution in [0.5, 0.6) is 5.88 Å². The number of hydrogen-bond acceptors (Lipinski definition) is 9. The van der Waals surface area contributed by atoms with Gasteiger partial charge in [-0.1, -0.05) is 12.1 Å². The zero-order chi connectivity index (χ0) is 31.1. The Balaban J connectivity index is 1.16. The predicted molar refractivity (Wildman–Crippen MR) is 162 cm³/mol. The van der Waals surface area contributed by atoms with Crippen LogP contribution in [0.1, 0.15) is 59.3 Å². The summed E-state index contributed by atoms with van der Waals surface area (Å²) in [6, 6.07) is 16.5. The van der Waals surface area contributed by atoms with Crippen molar-refractivity contribution in [3.05, 3.63) is 82.8 Å². The highest BCUT2D eigenvalue weighted by atomic mass is 19.1. The van der Waals surface area contributed by atoms with Crippen molar-refractivity contribution in [3.8, 4) is 11.9 Å². The Hall–Kier alpha value is -4.53. The van der Waals surface area contributed by atoms with E-state index in [9.17, 15) is 14.0 Å². The van der Waals surface area contributed by atoms with Crippen molar-refractivity contribution in [2.75, 3.05) is 44.0 Å². The van der Waals surface area contributed by atoms with E-state index in [2.05, 4.69) is 20.5 Å². The van der Waals surface area contributed by atoms with E-state index in [-0.39, 0.29) is 36.1 Å². The molecule has 230 valence electrons. The van der Waals surface area contributed by atoms with Gasteiger partial charge in [0.05, 0.1) is 47.8 Å². The van der Waals surface area contributed by atoms with Crippen molar-refractivity contribution in [3.63, 3.8) is 0 Å². The molecule has 1 aromatic heterocycles. The fourth-order valence-electron chi connectivity index (χ4n) is 5.32. The number of methoxy groups -OCH3 is 1. The lowest BCUT2D eigenvalue weighted by Crippen LogP contribution is -2.45. The number of carbonyl (C=O) groups excluding carboxylic acids is 2. The number of anilines is 2. The lowest BCUT2D eigenvalue weighted by molar-refractivity contribution is -0.121. The summed E-state index contributed by atoms with van der Waals surface area (Å²) in [5.74, 6) is -0.464. The number of esters is 1. The number of benzene rings is 2. The van der Waals surface area contributed by atoms with E-state index in [0.717, 1.165) is 31.6 Å². The number of pyridine rings is 1. The minimum Gasteiger partial charge on any atom is -0.473 e. The quantitative estimate of drug-likeness (QED) is 0.296. The summed E-state index contributed by atoms with van der Waals surface area (Å²) in [5, 5.41) is 15.3. The van der Waals surface area contributed by atoms with Crippen molar-refractivity contribution in [2.45, 2.75) is 50.9 Å². The van der Waals surface area contributed by atoms with Gasteiger partial charge in [0.1, 0.15) is 12.4 Å². The summed E-state index contributed by atoms with van der Waals surface area (Å²) in [4.78, 5) is 32.2. The third-order valence-corrected chi connectivity index (χ3v) is 8.19. The number of halogens is 1. The Morgan fingerprint density at radius 3 is 2.61 bits per heavy atom. The second kappa shape index (κ2) is 14.3. The Kier molecular flexibility index (Phi) is 10.0. The number of hydrogen-bond donors (Lipinski definition) is 2. The Labute approximate surface area is 256 Å². The number of aromatic nitrogens is 1. The van der Waals surface area contributed by atoms with E-state index < -0.39 is 11.8 Å². The standard InChI is InChI=1S/C33H36FN5O5/c1-21(32(40)38-29-9-8-24(33(41)42-2)17-30(29)36-19-26-12-15-43-26)39-13-10-23(11-14-39)28-4-3-5-31(37-28)44-20-25-7-6-22(18-35)16-27(25)34/h3-9,16-17,21,23,26,36H,10-15,19-20H2,1-2H3,(H,38,40)/t21?,26-/m0/s1. The monoisotopic (exact) mass is 601 g/mol. The molecule has 44 heavy (non-hydrogen) atoms. The molecule has 2 aromatic carbocycles. The minimum atomic E-state index is -0.486. The zero-order valence-electron chi connectivity index (χ0n) is 24.8. The van der Waals surface area contributed by atoms with E-state index in [1.807, 2.05) is 25.1 Å². The van der Waals surface area contributed by atoms with Gasteiger partial charge in [0, 0.05) is 36.4 Å². The van der Waals surface area contributed by atoms with E-state index in [0.29, 0.717) is 48.0 Å². The van der Waals surface area contributed by atoms with E-state index in [4.69, 9.17) is 19.5 Å². The molecule has 11 heteroatoms. The highest BCUT2D eigenvalue weighted by Gasteiger charge is 2.29. The van der Waals surface area contributed by atoms with Crippen LogP contribution in [0.4, 0.5) is 15.8 Å². The molecular formula is C33H36FN5O5. The van der Waals surface area contributed by atoms with Gasteiger partial charge >= 0.3 is 5.97 Å². The number of nitriles is 1. The fraction of sp³-hybridized carbons (Fsp3) is 0.394. The molecule has 0 saturated carbocycles. The predicted octanol–water partition coefficient (Wildman–Crippen LogP) is 4.87. The highest BCUT2D eigenvalue weighted by molar-refractivity contribution is 5.99. The Morgan fingerprint density at radius 2 is 1.93 bits per heavy atom. The summed E-state index contributed by atoms with van der Waals surface area (Å²) < 4.78 is 30.4. The smallest absolute Gasteiger partial charge is 0.337 e. The van der Waals surface area contributed by atoms with E-state index in [1.165, 1.54) is 13.2 Å². The lowest BCUT2D eigenvalue weighted by Gasteiger charge is -2.35. The van der Waals surface area contributed by atoms with Gasteiger partial charge in [-0.3, -0.25) is 9.69 Å². The third-order valence-electron chi connectivity index (χ3n) is 8.19. The van der Waals surface area contributed by atoms with Crippen LogP contribution in [0.15, 0.2) is 54.6 Å². The van der Waals surface area contributed by atoms with Gasteiger partial charge in [0.15, 0.2) is 0 Å². The number of ether oxygens (including phenoxy) is 3. The summed E-state index contributed by atoms with van der Waals surface area (Å²) in [6.07, 6.45) is 2.71. The normalized spacial score (nSPS) is 17.5. The number of carbonyl (C=O) groups is 2. The van der Waals surface area contributed by atoms with Crippen LogP contribution in [0, 0.1) is 17.1 Å². The number of amides is 1. The molecule has 3 heterocycles. The van der Waals surface area contributed by atoms with Crippen molar-refractivity contribution < 1.29 is 28.2 Å². The van der Waals surface area contributed by atoms with Crippen LogP contribution in [-0.4, -0.2) is 67.3 Å². The van der Waals surface area contributed by atoms with Gasteiger partial charge < -0.3 is 24.8 Å². The molecule has 2 aliphatic rings. The molecule has 10 nitrogen and oxygen atoms in total. The van der Waals surface area contributed by atoms with Crippen LogP contribution in [0.3, 0.4) is 0 Å². The van der Waals surface area contributed by atoms with Crippen LogP contribution in [0.2, 0.25) is 0 Å². The van der Waals surface area contributed by atoms with Crippen molar-refractivity contribution >= 4 is 23.3 Å². The Morgan fingerprint density at radius 1 is 1.14 bits per heavy atom. The van der Waals surface area contributed by atoms with Crippen molar-refractivity contribution in [1.29, 1.82) is 5.26 Å². The number of rotatable bonds is 11. The Bertz CT molecular complexity index is 1530. The third kappa shape index (κ3) is 7.51. The molecule has 2 aliphatic heterocycles. The molecular weight excluding hydrogens is 565 g/mol. The van der Waals surface area contributed by atoms with Crippen molar-refractivity contribution in [2.24, 2.45) is 0 Å². The number of likely N-dealkylation sites (tertiary alicyclic amines) is 1. The summed E-state index contributed by atoms with van der Waals surface area (Å²) >= 11 is 0. The van der Waals surface area contributed by atoms with Crippen LogP contribution in [0.25, 0.3) is 0 Å². The molecule has 0 spiro atoms. The molecule has 3 aromatic rings. The molecule has 0 bridgehead atoms. The maximum atomic E-state index is 14.2. The van der Waals surface area contributed by atoms with Gasteiger partial charge in [0.2, 0.25) is 11.8 Å². The van der Waals surface area contributed by atoms with Gasteiger partial charge in [-0.15, -0.1) is 0 Å². The SMILES string of the molecule is COC(=O)c1ccc(NC(=O)C(C)N2CCC(c3cccc(OCc4ccc(C#N)cc4F)n3)CC2)c(NC[C@@H]2CCO2)c1. The fourth-order valence-corrected chi connectivity index (χ4v) is 5.32. The molecule has 2 saturated heterocycles. The van der Waals surface area contributed by atoms with Crippen LogP contribution >= 0.6 is 0 Å². The molecule has 2 fully saturated rings. The van der Waals surface area contributed by atoms with Gasteiger partial charge in [-0.25, -0.2) is 14.2 Å². The second-order valence-corrected chi connectivity index (χ2v) is 11.0. The second-order valence-electron chi connectivity index (χ2n) is 11.0. The largest absolute Gasteiger partial charge is 0.473 e. The summed E-state index contributed by atoms with van der Waals surface area (Å²) in [6.45, 7) is 4.65. The average molecular weight is 602 g/mol. The highest BCUT2D eigenvalue weighted by Crippen LogP contribution is 2.30. The number of nitrogens with zero attached hydrogens (tertiary/aromatic N) is 3. The molecule has 1 unspecified atom stereocenters. The molecule has 5 rings (SSSR count). The first kappa shape index (κ1) is 30.9. The summed E-state index contributed by atoms with van der Waals surface area (Å²) in [7, 11) is 1.33.